The molecule has 1 atom stereocenters. The molecule has 0 amide bonds. The molecule has 1 N–H and O–H groups in total. The second-order valence-corrected chi connectivity index (χ2v) is 3.09. The fourth-order valence-corrected chi connectivity index (χ4v) is 1.19. The third-order valence-electron chi connectivity index (χ3n) is 1.80. The van der Waals surface area contributed by atoms with Crippen LogP contribution in [0.15, 0.2) is 30.4 Å². The van der Waals surface area contributed by atoms with Gasteiger partial charge in [0.15, 0.2) is 11.6 Å². The van der Waals surface area contributed by atoms with Crippen LogP contribution >= 0.6 is 0 Å². The lowest BCUT2D eigenvalue weighted by atomic mass is 10.2. The van der Waals surface area contributed by atoms with Gasteiger partial charge >= 0.3 is 0 Å². The monoisotopic (exact) mass is 197 g/mol. The molecule has 0 aliphatic carbocycles. The Hall–Kier alpha value is -1.38. The smallest absolute Gasteiger partial charge is 0.160 e. The molecule has 0 radical (unpaired) electrons. The molecule has 1 rings (SSSR count). The van der Waals surface area contributed by atoms with E-state index in [1.165, 1.54) is 6.07 Å². The van der Waals surface area contributed by atoms with Crippen LogP contribution in [0, 0.1) is 11.6 Å². The van der Waals surface area contributed by atoms with Gasteiger partial charge in [-0.3, -0.25) is 0 Å². The maximum Gasteiger partial charge on any atom is 0.160 e. The summed E-state index contributed by atoms with van der Waals surface area (Å²) in [5.41, 5.74) is 0.578. The van der Waals surface area contributed by atoms with E-state index in [1.54, 1.807) is 0 Å². The number of benzene rings is 1. The molecule has 1 unspecified atom stereocenters. The molecule has 0 saturated heterocycles. The molecule has 3 heteroatoms. The van der Waals surface area contributed by atoms with Gasteiger partial charge in [-0.1, -0.05) is 12.2 Å². The molecule has 0 saturated carbocycles. The highest BCUT2D eigenvalue weighted by molar-refractivity contribution is 5.45. The second kappa shape index (κ2) is 4.74. The Morgan fingerprint density at radius 3 is 2.57 bits per heavy atom. The second-order valence-electron chi connectivity index (χ2n) is 3.09. The van der Waals surface area contributed by atoms with E-state index in [9.17, 15) is 8.78 Å². The van der Waals surface area contributed by atoms with Crippen molar-refractivity contribution >= 4 is 5.69 Å². The van der Waals surface area contributed by atoms with Crippen LogP contribution in [-0.4, -0.2) is 6.04 Å². The van der Waals surface area contributed by atoms with E-state index in [2.05, 4.69) is 5.32 Å². The van der Waals surface area contributed by atoms with E-state index in [0.29, 0.717) is 5.69 Å². The largest absolute Gasteiger partial charge is 0.379 e. The molecule has 0 spiro atoms. The number of allylic oxidation sites excluding steroid dienone is 1. The Morgan fingerprint density at radius 1 is 1.29 bits per heavy atom. The average molecular weight is 197 g/mol. The van der Waals surface area contributed by atoms with Crippen LogP contribution in [0.25, 0.3) is 0 Å². The van der Waals surface area contributed by atoms with Crippen molar-refractivity contribution in [1.29, 1.82) is 0 Å². The number of anilines is 1. The Balaban J connectivity index is 2.73. The summed E-state index contributed by atoms with van der Waals surface area (Å²) in [5.74, 6) is -1.66. The SMILES string of the molecule is C/C=C/C(C)Nc1ccc(F)c(F)c1. The van der Waals surface area contributed by atoms with Gasteiger partial charge in [-0.2, -0.15) is 0 Å². The molecule has 0 fully saturated rings. The number of rotatable bonds is 3. The van der Waals surface area contributed by atoms with Crippen molar-refractivity contribution in [3.63, 3.8) is 0 Å². The van der Waals surface area contributed by atoms with E-state index in [0.717, 1.165) is 12.1 Å². The van der Waals surface area contributed by atoms with E-state index in [1.807, 2.05) is 26.0 Å². The number of halogens is 2. The summed E-state index contributed by atoms with van der Waals surface area (Å²) in [6.07, 6.45) is 3.83. The minimum absolute atomic E-state index is 0.102. The average Bonchev–Trinajstić information content (AvgIpc) is 2.12. The van der Waals surface area contributed by atoms with Gasteiger partial charge in [-0.25, -0.2) is 8.78 Å². The maximum absolute atomic E-state index is 12.8. The summed E-state index contributed by atoms with van der Waals surface area (Å²) in [6, 6.07) is 3.87. The summed E-state index contributed by atoms with van der Waals surface area (Å²) in [6.45, 7) is 3.84. The first kappa shape index (κ1) is 10.7. The predicted molar refractivity (Wildman–Crippen MR) is 54.3 cm³/mol. The Bertz CT molecular complexity index is 334. The van der Waals surface area contributed by atoms with Crippen molar-refractivity contribution in [3.05, 3.63) is 42.0 Å². The summed E-state index contributed by atoms with van der Waals surface area (Å²) in [4.78, 5) is 0. The van der Waals surface area contributed by atoms with Crippen molar-refractivity contribution in [2.45, 2.75) is 19.9 Å². The highest BCUT2D eigenvalue weighted by Crippen LogP contribution is 2.14. The zero-order valence-electron chi connectivity index (χ0n) is 8.22. The van der Waals surface area contributed by atoms with Crippen LogP contribution in [0.3, 0.4) is 0 Å². The summed E-state index contributed by atoms with van der Waals surface area (Å²) >= 11 is 0. The molecular weight excluding hydrogens is 184 g/mol. The highest BCUT2D eigenvalue weighted by atomic mass is 19.2. The van der Waals surface area contributed by atoms with Crippen LogP contribution in [0.2, 0.25) is 0 Å². The summed E-state index contributed by atoms with van der Waals surface area (Å²) in [7, 11) is 0. The van der Waals surface area contributed by atoms with Gasteiger partial charge in [0.05, 0.1) is 0 Å². The Kier molecular flexibility index (Phi) is 3.63. The molecule has 14 heavy (non-hydrogen) atoms. The van der Waals surface area contributed by atoms with Gasteiger partial charge < -0.3 is 5.32 Å². The molecule has 0 aliphatic heterocycles. The van der Waals surface area contributed by atoms with Gasteiger partial charge in [0.25, 0.3) is 0 Å². The van der Waals surface area contributed by atoms with Gasteiger partial charge in [-0.15, -0.1) is 0 Å². The third-order valence-corrected chi connectivity index (χ3v) is 1.80. The molecule has 1 nitrogen and oxygen atoms in total. The van der Waals surface area contributed by atoms with Crippen molar-refractivity contribution in [1.82, 2.24) is 0 Å². The van der Waals surface area contributed by atoms with Gasteiger partial charge in [-0.05, 0) is 26.0 Å². The molecule has 1 aromatic rings. The van der Waals surface area contributed by atoms with E-state index in [-0.39, 0.29) is 6.04 Å². The van der Waals surface area contributed by atoms with Gasteiger partial charge in [0.1, 0.15) is 0 Å². The fourth-order valence-electron chi connectivity index (χ4n) is 1.19. The van der Waals surface area contributed by atoms with E-state index in [4.69, 9.17) is 0 Å². The van der Waals surface area contributed by atoms with Crippen molar-refractivity contribution in [3.8, 4) is 0 Å². The normalized spacial score (nSPS) is 13.1. The predicted octanol–water partition coefficient (Wildman–Crippen LogP) is 3.34. The molecule has 0 bridgehead atoms. The quantitative estimate of drug-likeness (QED) is 0.733. The first-order valence-electron chi connectivity index (χ1n) is 4.48. The van der Waals surface area contributed by atoms with Crippen LogP contribution in [-0.2, 0) is 0 Å². The number of hydrogen-bond acceptors (Lipinski definition) is 1. The van der Waals surface area contributed by atoms with E-state index < -0.39 is 11.6 Å². The lowest BCUT2D eigenvalue weighted by molar-refractivity contribution is 0.509. The van der Waals surface area contributed by atoms with Gasteiger partial charge in [0, 0.05) is 17.8 Å². The lowest BCUT2D eigenvalue weighted by Gasteiger charge is -2.10. The highest BCUT2D eigenvalue weighted by Gasteiger charge is 2.03. The molecular formula is C11H13F2N. The van der Waals surface area contributed by atoms with Crippen LogP contribution < -0.4 is 5.32 Å². The van der Waals surface area contributed by atoms with Crippen LogP contribution in [0.4, 0.5) is 14.5 Å². The first-order valence-corrected chi connectivity index (χ1v) is 4.48. The minimum Gasteiger partial charge on any atom is -0.379 e. The number of nitrogens with one attached hydrogen (secondary N) is 1. The zero-order chi connectivity index (χ0) is 10.6. The van der Waals surface area contributed by atoms with Crippen molar-refractivity contribution in [2.75, 3.05) is 5.32 Å². The van der Waals surface area contributed by atoms with Crippen molar-refractivity contribution in [2.24, 2.45) is 0 Å². The standard InChI is InChI=1S/C11H13F2N/c1-3-4-8(2)14-9-5-6-10(12)11(13)7-9/h3-8,14H,1-2H3/b4-3+. The topological polar surface area (TPSA) is 12.0 Å². The zero-order valence-corrected chi connectivity index (χ0v) is 8.22. The van der Waals surface area contributed by atoms with Gasteiger partial charge in [0.2, 0.25) is 0 Å². The summed E-state index contributed by atoms with van der Waals surface area (Å²) in [5, 5.41) is 3.02. The molecule has 0 aliphatic rings. The van der Waals surface area contributed by atoms with E-state index >= 15 is 0 Å². The minimum atomic E-state index is -0.831. The van der Waals surface area contributed by atoms with Crippen LogP contribution in [0.5, 0.6) is 0 Å². The van der Waals surface area contributed by atoms with Crippen LogP contribution in [0.1, 0.15) is 13.8 Å². The Labute approximate surface area is 82.4 Å². The maximum atomic E-state index is 12.8. The molecule has 1 aromatic carbocycles. The Morgan fingerprint density at radius 2 is 2.00 bits per heavy atom. The molecule has 0 heterocycles. The summed E-state index contributed by atoms with van der Waals surface area (Å²) < 4.78 is 25.3. The first-order chi connectivity index (χ1) is 6.63. The molecule has 76 valence electrons. The fraction of sp³-hybridized carbons (Fsp3) is 0.273. The van der Waals surface area contributed by atoms with Crippen molar-refractivity contribution < 1.29 is 8.78 Å². The third kappa shape index (κ3) is 2.83. The lowest BCUT2D eigenvalue weighted by Crippen LogP contribution is -2.11. The number of hydrogen-bond donors (Lipinski definition) is 1. The molecule has 0 aromatic heterocycles.